The van der Waals surface area contributed by atoms with Gasteiger partial charge in [0.15, 0.2) is 0 Å². The average molecular weight is 364 g/mol. The van der Waals surface area contributed by atoms with Gasteiger partial charge in [0.1, 0.15) is 0 Å². The summed E-state index contributed by atoms with van der Waals surface area (Å²) >= 11 is 0. The van der Waals surface area contributed by atoms with E-state index in [9.17, 15) is 9.59 Å². The largest absolute Gasteiger partial charge is 0.326 e. The number of aromatic nitrogens is 4. The standard InChI is InChI=1S/C21H24N4O2/c1-4-5-11-24-18-12-14(9-10-16(18)22-20(24)26)15-7-6-8-17-19(15)25(13(2)3)21(27)23-17/h6-10,12-13H,4-5,11H2,1-3H3,(H,22,26)(H,23,27). The van der Waals surface area contributed by atoms with E-state index in [1.54, 1.807) is 9.13 Å². The second-order valence-corrected chi connectivity index (χ2v) is 7.26. The van der Waals surface area contributed by atoms with Gasteiger partial charge < -0.3 is 9.97 Å². The molecule has 2 aromatic carbocycles. The number of H-pyrrole nitrogens is 2. The molecule has 0 radical (unpaired) electrons. The fourth-order valence-electron chi connectivity index (χ4n) is 3.77. The molecule has 0 aliphatic rings. The molecular formula is C21H24N4O2. The molecule has 0 unspecified atom stereocenters. The van der Waals surface area contributed by atoms with Crippen molar-refractivity contribution in [2.24, 2.45) is 0 Å². The molecule has 2 N–H and O–H groups in total. The van der Waals surface area contributed by atoms with E-state index in [0.717, 1.165) is 46.0 Å². The number of rotatable bonds is 5. The van der Waals surface area contributed by atoms with Crippen LogP contribution in [0.3, 0.4) is 0 Å². The molecule has 0 aliphatic heterocycles. The smallest absolute Gasteiger partial charge is 0.306 e. The van der Waals surface area contributed by atoms with Crippen LogP contribution in [0.2, 0.25) is 0 Å². The monoisotopic (exact) mass is 364 g/mol. The van der Waals surface area contributed by atoms with Crippen LogP contribution in [0.5, 0.6) is 0 Å². The van der Waals surface area contributed by atoms with Crippen LogP contribution >= 0.6 is 0 Å². The molecule has 0 aliphatic carbocycles. The van der Waals surface area contributed by atoms with Gasteiger partial charge in [0.2, 0.25) is 0 Å². The highest BCUT2D eigenvalue weighted by Crippen LogP contribution is 2.30. The summed E-state index contributed by atoms with van der Waals surface area (Å²) < 4.78 is 3.59. The molecule has 0 saturated heterocycles. The molecule has 4 aromatic rings. The quantitative estimate of drug-likeness (QED) is 0.561. The van der Waals surface area contributed by atoms with Crippen LogP contribution in [-0.4, -0.2) is 19.1 Å². The maximum atomic E-state index is 12.4. The molecule has 0 fully saturated rings. The van der Waals surface area contributed by atoms with Crippen LogP contribution in [0.1, 0.15) is 39.7 Å². The third-order valence-electron chi connectivity index (χ3n) is 5.08. The third-order valence-corrected chi connectivity index (χ3v) is 5.08. The molecule has 0 bridgehead atoms. The topological polar surface area (TPSA) is 75.6 Å². The number of hydrogen-bond acceptors (Lipinski definition) is 2. The first-order valence-electron chi connectivity index (χ1n) is 9.47. The van der Waals surface area contributed by atoms with E-state index in [-0.39, 0.29) is 17.4 Å². The van der Waals surface area contributed by atoms with Gasteiger partial charge in [-0.05, 0) is 44.0 Å². The molecule has 6 heteroatoms. The normalized spacial score (nSPS) is 11.9. The van der Waals surface area contributed by atoms with E-state index in [4.69, 9.17) is 0 Å². The predicted molar refractivity (Wildman–Crippen MR) is 109 cm³/mol. The number of para-hydroxylation sites is 1. The highest BCUT2D eigenvalue weighted by molar-refractivity contribution is 5.94. The number of nitrogens with one attached hydrogen (secondary N) is 2. The Morgan fingerprint density at radius 2 is 1.78 bits per heavy atom. The van der Waals surface area contributed by atoms with E-state index in [0.29, 0.717) is 6.54 Å². The first-order valence-corrected chi connectivity index (χ1v) is 9.47. The lowest BCUT2D eigenvalue weighted by molar-refractivity contribution is 0.598. The lowest BCUT2D eigenvalue weighted by atomic mass is 10.0. The number of nitrogens with zero attached hydrogens (tertiary/aromatic N) is 2. The van der Waals surface area contributed by atoms with Crippen LogP contribution in [0.25, 0.3) is 33.2 Å². The van der Waals surface area contributed by atoms with Gasteiger partial charge in [-0.1, -0.05) is 31.5 Å². The van der Waals surface area contributed by atoms with Gasteiger partial charge >= 0.3 is 11.4 Å². The van der Waals surface area contributed by atoms with E-state index in [1.807, 2.05) is 50.2 Å². The highest BCUT2D eigenvalue weighted by Gasteiger charge is 2.15. The molecule has 140 valence electrons. The zero-order valence-electron chi connectivity index (χ0n) is 15.9. The minimum absolute atomic E-state index is 0.0473. The van der Waals surface area contributed by atoms with Gasteiger partial charge in [-0.25, -0.2) is 9.59 Å². The van der Waals surface area contributed by atoms with Gasteiger partial charge in [0.25, 0.3) is 0 Å². The van der Waals surface area contributed by atoms with Gasteiger partial charge in [-0.2, -0.15) is 0 Å². The molecule has 2 aromatic heterocycles. The summed E-state index contributed by atoms with van der Waals surface area (Å²) in [5.41, 5.74) is 5.25. The lowest BCUT2D eigenvalue weighted by Crippen LogP contribution is -2.18. The molecule has 27 heavy (non-hydrogen) atoms. The van der Waals surface area contributed by atoms with Gasteiger partial charge in [-0.15, -0.1) is 0 Å². The summed E-state index contributed by atoms with van der Waals surface area (Å²) in [5, 5.41) is 0. The Kier molecular flexibility index (Phi) is 4.26. The van der Waals surface area contributed by atoms with Crippen molar-refractivity contribution in [1.29, 1.82) is 0 Å². The molecule has 0 saturated carbocycles. The zero-order valence-corrected chi connectivity index (χ0v) is 15.9. The molecule has 2 heterocycles. The van der Waals surface area contributed by atoms with E-state index < -0.39 is 0 Å². The average Bonchev–Trinajstić information content (AvgIpc) is 3.14. The SMILES string of the molecule is CCCCn1c(=O)[nH]c2ccc(-c3cccc4[nH]c(=O)n(C(C)C)c34)cc21. The van der Waals surface area contributed by atoms with Crippen molar-refractivity contribution in [2.45, 2.75) is 46.2 Å². The maximum absolute atomic E-state index is 12.4. The van der Waals surface area contributed by atoms with E-state index in [1.165, 1.54) is 0 Å². The van der Waals surface area contributed by atoms with E-state index >= 15 is 0 Å². The molecule has 4 rings (SSSR count). The Hall–Kier alpha value is -3.02. The second-order valence-electron chi connectivity index (χ2n) is 7.26. The Morgan fingerprint density at radius 1 is 1.00 bits per heavy atom. The number of aromatic amines is 2. The minimum atomic E-state index is -0.102. The van der Waals surface area contributed by atoms with Crippen LogP contribution in [0, 0.1) is 0 Å². The fourth-order valence-corrected chi connectivity index (χ4v) is 3.77. The Balaban J connectivity index is 1.97. The summed E-state index contributed by atoms with van der Waals surface area (Å²) in [7, 11) is 0. The van der Waals surface area contributed by atoms with Crippen molar-refractivity contribution in [3.63, 3.8) is 0 Å². The Bertz CT molecular complexity index is 1240. The first-order chi connectivity index (χ1) is 13.0. The maximum Gasteiger partial charge on any atom is 0.326 e. The minimum Gasteiger partial charge on any atom is -0.306 e. The van der Waals surface area contributed by atoms with Gasteiger partial charge in [0.05, 0.1) is 22.1 Å². The van der Waals surface area contributed by atoms with Crippen molar-refractivity contribution in [3.05, 3.63) is 57.4 Å². The fraction of sp³-hybridized carbons (Fsp3) is 0.333. The second kappa shape index (κ2) is 6.61. The summed E-state index contributed by atoms with van der Waals surface area (Å²) in [6, 6.07) is 11.9. The zero-order chi connectivity index (χ0) is 19.1. The molecule has 6 nitrogen and oxygen atoms in total. The molecular weight excluding hydrogens is 340 g/mol. The number of hydrogen-bond donors (Lipinski definition) is 2. The summed E-state index contributed by atoms with van der Waals surface area (Å²) in [6.07, 6.45) is 1.99. The van der Waals surface area contributed by atoms with Crippen molar-refractivity contribution >= 4 is 22.1 Å². The van der Waals surface area contributed by atoms with Crippen molar-refractivity contribution < 1.29 is 0 Å². The van der Waals surface area contributed by atoms with E-state index in [2.05, 4.69) is 16.9 Å². The van der Waals surface area contributed by atoms with Crippen LogP contribution in [0.15, 0.2) is 46.0 Å². The van der Waals surface area contributed by atoms with Crippen LogP contribution in [-0.2, 0) is 6.54 Å². The third kappa shape index (κ3) is 2.81. The number of aryl methyl sites for hydroxylation is 1. The number of benzene rings is 2. The Labute approximate surface area is 156 Å². The van der Waals surface area contributed by atoms with Crippen molar-refractivity contribution in [3.8, 4) is 11.1 Å². The number of imidazole rings is 2. The van der Waals surface area contributed by atoms with Gasteiger partial charge in [-0.3, -0.25) is 9.13 Å². The van der Waals surface area contributed by atoms with Crippen molar-refractivity contribution in [1.82, 2.24) is 19.1 Å². The number of unbranched alkanes of at least 4 members (excludes halogenated alkanes) is 1. The molecule has 0 spiro atoms. The first kappa shape index (κ1) is 17.4. The highest BCUT2D eigenvalue weighted by atomic mass is 16.1. The predicted octanol–water partition coefficient (Wildman–Crippen LogP) is 4.02. The number of fused-ring (bicyclic) bond motifs is 2. The lowest BCUT2D eigenvalue weighted by Gasteiger charge is -2.12. The van der Waals surface area contributed by atoms with Crippen LogP contribution < -0.4 is 11.4 Å². The van der Waals surface area contributed by atoms with Crippen molar-refractivity contribution in [2.75, 3.05) is 0 Å². The summed E-state index contributed by atoms with van der Waals surface area (Å²) in [6.45, 7) is 6.82. The van der Waals surface area contributed by atoms with Gasteiger partial charge in [0, 0.05) is 18.2 Å². The summed E-state index contributed by atoms with van der Waals surface area (Å²) in [5.74, 6) is 0. The summed E-state index contributed by atoms with van der Waals surface area (Å²) in [4.78, 5) is 30.6. The van der Waals surface area contributed by atoms with Crippen LogP contribution in [0.4, 0.5) is 0 Å². The Morgan fingerprint density at radius 3 is 2.52 bits per heavy atom. The molecule has 0 atom stereocenters. The molecule has 0 amide bonds.